The average Bonchev–Trinajstić information content (AvgIpc) is 2.09. The van der Waals surface area contributed by atoms with E-state index in [2.05, 4.69) is 10.7 Å². The van der Waals surface area contributed by atoms with Gasteiger partial charge in [0.1, 0.15) is 6.04 Å². The van der Waals surface area contributed by atoms with Gasteiger partial charge in [0.25, 0.3) is 0 Å². The minimum atomic E-state index is -1.21. The Kier molecular flexibility index (Phi) is 5.86. The highest BCUT2D eigenvalue weighted by Gasteiger charge is 2.20. The Morgan fingerprint density at radius 3 is 2.31 bits per heavy atom. The fraction of sp³-hybridized carbons (Fsp3) is 0.625. The Morgan fingerprint density at radius 2 is 1.94 bits per heavy atom. The van der Waals surface area contributed by atoms with Gasteiger partial charge in [0, 0.05) is 20.5 Å². The number of carboxylic acids is 1. The number of hydrogen-bond acceptors (Lipinski definition) is 4. The smallest absolute Gasteiger partial charge is 0.330 e. The van der Waals surface area contributed by atoms with Crippen LogP contribution in [0.4, 0.5) is 4.79 Å². The molecule has 92 valence electrons. The number of hydrogen-bond donors (Lipinski definition) is 4. The number of carbonyl (C=O) groups is 3. The second-order valence-corrected chi connectivity index (χ2v) is 3.38. The van der Waals surface area contributed by atoms with Gasteiger partial charge in [0.15, 0.2) is 0 Å². The molecule has 8 nitrogen and oxygen atoms in total. The van der Waals surface area contributed by atoms with E-state index in [4.69, 9.17) is 10.8 Å². The van der Waals surface area contributed by atoms with Crippen LogP contribution in [0.3, 0.4) is 0 Å². The fourth-order valence-electron chi connectivity index (χ4n) is 0.938. The van der Waals surface area contributed by atoms with Crippen LogP contribution in [0.25, 0.3) is 0 Å². The van der Waals surface area contributed by atoms with Gasteiger partial charge in [0.05, 0.1) is 0 Å². The second kappa shape index (κ2) is 6.62. The summed E-state index contributed by atoms with van der Waals surface area (Å²) in [6.07, 6.45) is -0.134. The predicted molar refractivity (Wildman–Crippen MR) is 55.2 cm³/mol. The molecule has 0 saturated carbocycles. The van der Waals surface area contributed by atoms with E-state index >= 15 is 0 Å². The van der Waals surface area contributed by atoms with E-state index in [1.165, 1.54) is 5.01 Å². The Morgan fingerprint density at radius 1 is 1.38 bits per heavy atom. The van der Waals surface area contributed by atoms with Gasteiger partial charge in [-0.2, -0.15) is 0 Å². The van der Waals surface area contributed by atoms with Gasteiger partial charge in [-0.05, 0) is 6.42 Å². The number of hydrazine groups is 1. The van der Waals surface area contributed by atoms with Crippen LogP contribution in [0.2, 0.25) is 0 Å². The van der Waals surface area contributed by atoms with Crippen molar-refractivity contribution in [3.05, 3.63) is 0 Å². The highest BCUT2D eigenvalue weighted by atomic mass is 16.4. The van der Waals surface area contributed by atoms with E-state index in [1.807, 2.05) is 0 Å². The molecule has 0 aromatic rings. The Bertz CT molecular complexity index is 279. The number of nitrogens with one attached hydrogen (secondary N) is 2. The molecule has 0 saturated heterocycles. The second-order valence-electron chi connectivity index (χ2n) is 3.38. The van der Waals surface area contributed by atoms with Crippen molar-refractivity contribution in [1.82, 2.24) is 15.8 Å². The molecule has 1 atom stereocenters. The summed E-state index contributed by atoms with van der Waals surface area (Å²) in [6.45, 7) is 0. The summed E-state index contributed by atoms with van der Waals surface area (Å²) < 4.78 is 0. The van der Waals surface area contributed by atoms with Crippen LogP contribution in [0.5, 0.6) is 0 Å². The fourth-order valence-corrected chi connectivity index (χ4v) is 0.938. The molecule has 5 N–H and O–H groups in total. The zero-order valence-corrected chi connectivity index (χ0v) is 9.19. The quantitative estimate of drug-likeness (QED) is 0.414. The van der Waals surface area contributed by atoms with Crippen molar-refractivity contribution in [3.8, 4) is 0 Å². The molecule has 0 aromatic carbocycles. The summed E-state index contributed by atoms with van der Waals surface area (Å²) in [4.78, 5) is 32.4. The third kappa shape index (κ3) is 6.60. The summed E-state index contributed by atoms with van der Waals surface area (Å²) in [7, 11) is 3.16. The number of carbonyl (C=O) groups excluding carboxylic acids is 2. The minimum absolute atomic E-state index is 0.0362. The number of amides is 3. The molecule has 0 heterocycles. The van der Waals surface area contributed by atoms with Crippen LogP contribution < -0.4 is 16.5 Å². The normalized spacial score (nSPS) is 11.9. The lowest BCUT2D eigenvalue weighted by atomic mass is 10.1. The van der Waals surface area contributed by atoms with Crippen molar-refractivity contribution in [2.24, 2.45) is 5.73 Å². The molecule has 0 rings (SSSR count). The van der Waals surface area contributed by atoms with E-state index in [1.54, 1.807) is 14.1 Å². The largest absolute Gasteiger partial charge is 0.480 e. The maximum Gasteiger partial charge on any atom is 0.330 e. The molecule has 0 bridgehead atoms. The molecule has 0 aromatic heterocycles. The van der Waals surface area contributed by atoms with Crippen molar-refractivity contribution < 1.29 is 19.5 Å². The van der Waals surface area contributed by atoms with E-state index in [0.717, 1.165) is 0 Å². The van der Waals surface area contributed by atoms with E-state index < -0.39 is 23.9 Å². The van der Waals surface area contributed by atoms with Crippen molar-refractivity contribution in [3.63, 3.8) is 0 Å². The molecule has 0 radical (unpaired) electrons. The summed E-state index contributed by atoms with van der Waals surface area (Å²) in [5.41, 5.74) is 7.20. The molecule has 0 unspecified atom stereocenters. The first kappa shape index (κ1) is 14.2. The maximum absolute atomic E-state index is 11.2. The molecule has 8 heteroatoms. The first-order chi connectivity index (χ1) is 7.32. The third-order valence-electron chi connectivity index (χ3n) is 1.61. The zero-order valence-electron chi connectivity index (χ0n) is 9.19. The molecule has 16 heavy (non-hydrogen) atoms. The van der Waals surface area contributed by atoms with Crippen LogP contribution in [-0.4, -0.2) is 48.2 Å². The first-order valence-corrected chi connectivity index (χ1v) is 4.58. The molecule has 0 aliphatic rings. The summed E-state index contributed by atoms with van der Waals surface area (Å²) in [5.74, 6) is -1.82. The summed E-state index contributed by atoms with van der Waals surface area (Å²) >= 11 is 0. The van der Waals surface area contributed by atoms with Crippen LogP contribution in [0.15, 0.2) is 0 Å². The average molecular weight is 232 g/mol. The van der Waals surface area contributed by atoms with Crippen molar-refractivity contribution >= 4 is 17.9 Å². The van der Waals surface area contributed by atoms with E-state index in [0.29, 0.717) is 0 Å². The Labute approximate surface area is 92.7 Å². The lowest BCUT2D eigenvalue weighted by Gasteiger charge is -2.17. The Balaban J connectivity index is 4.17. The standard InChI is InChI=1S/C8H16N4O4/c1-12(2)11-8(16)10-5(7(14)15)3-4-6(9)13/h5H,3-4H2,1-2H3,(H2,9,13)(H,14,15)(H2,10,11,16)/t5-/m1/s1. The van der Waals surface area contributed by atoms with E-state index in [9.17, 15) is 14.4 Å². The molecule has 0 spiro atoms. The van der Waals surface area contributed by atoms with Gasteiger partial charge in [-0.1, -0.05) is 0 Å². The van der Waals surface area contributed by atoms with Gasteiger partial charge in [-0.25, -0.2) is 14.6 Å². The topological polar surface area (TPSA) is 125 Å². The van der Waals surface area contributed by atoms with Crippen LogP contribution in [0.1, 0.15) is 12.8 Å². The van der Waals surface area contributed by atoms with Gasteiger partial charge < -0.3 is 16.2 Å². The molecular weight excluding hydrogens is 216 g/mol. The number of nitrogens with two attached hydrogens (primary N) is 1. The van der Waals surface area contributed by atoms with Gasteiger partial charge >= 0.3 is 12.0 Å². The highest BCUT2D eigenvalue weighted by molar-refractivity contribution is 5.83. The van der Waals surface area contributed by atoms with Crippen molar-refractivity contribution in [2.75, 3.05) is 14.1 Å². The van der Waals surface area contributed by atoms with E-state index in [-0.39, 0.29) is 12.8 Å². The number of aliphatic carboxylic acids is 1. The first-order valence-electron chi connectivity index (χ1n) is 4.58. The number of rotatable bonds is 6. The lowest BCUT2D eigenvalue weighted by Crippen LogP contribution is -2.50. The van der Waals surface area contributed by atoms with Gasteiger partial charge in [-0.3, -0.25) is 10.2 Å². The molecule has 0 aliphatic carbocycles. The zero-order chi connectivity index (χ0) is 12.7. The molecular formula is C8H16N4O4. The maximum atomic E-state index is 11.2. The van der Waals surface area contributed by atoms with Gasteiger partial charge in [0.2, 0.25) is 5.91 Å². The molecule has 3 amide bonds. The Hall–Kier alpha value is -1.83. The van der Waals surface area contributed by atoms with Crippen LogP contribution in [0, 0.1) is 0 Å². The third-order valence-corrected chi connectivity index (χ3v) is 1.61. The SMILES string of the molecule is CN(C)NC(=O)N[C@H](CCC(N)=O)C(=O)O. The molecule has 0 aliphatic heterocycles. The number of nitrogens with zero attached hydrogens (tertiary/aromatic N) is 1. The van der Waals surface area contributed by atoms with Crippen LogP contribution in [-0.2, 0) is 9.59 Å². The van der Waals surface area contributed by atoms with Gasteiger partial charge in [-0.15, -0.1) is 0 Å². The lowest BCUT2D eigenvalue weighted by molar-refractivity contribution is -0.139. The minimum Gasteiger partial charge on any atom is -0.480 e. The van der Waals surface area contributed by atoms with Crippen molar-refractivity contribution in [1.29, 1.82) is 0 Å². The number of urea groups is 1. The summed E-state index contributed by atoms with van der Waals surface area (Å²) in [5, 5.41) is 12.3. The monoisotopic (exact) mass is 232 g/mol. The number of primary amides is 1. The predicted octanol–water partition coefficient (Wildman–Crippen LogP) is -1.52. The van der Waals surface area contributed by atoms with Crippen LogP contribution >= 0.6 is 0 Å². The number of carboxylic acid groups (broad SMARTS) is 1. The summed E-state index contributed by atoms with van der Waals surface area (Å²) in [6, 6.07) is -1.78. The highest BCUT2D eigenvalue weighted by Crippen LogP contribution is 1.97. The molecule has 0 fully saturated rings. The van der Waals surface area contributed by atoms with Crippen molar-refractivity contribution in [2.45, 2.75) is 18.9 Å².